The van der Waals surface area contributed by atoms with Crippen LogP contribution in [0.2, 0.25) is 0 Å². The average molecular weight is 485 g/mol. The van der Waals surface area contributed by atoms with Crippen molar-refractivity contribution in [3.63, 3.8) is 0 Å². The molecule has 1 aromatic carbocycles. The van der Waals surface area contributed by atoms with Gasteiger partial charge in [-0.15, -0.1) is 5.11 Å². The van der Waals surface area contributed by atoms with Gasteiger partial charge in [0, 0.05) is 19.1 Å². The molecule has 3 heterocycles. The van der Waals surface area contributed by atoms with E-state index in [0.29, 0.717) is 32.4 Å². The molecule has 13 nitrogen and oxygen atoms in total. The van der Waals surface area contributed by atoms with Crippen LogP contribution in [0.25, 0.3) is 0 Å². The molecular formula is C17H24N8O5S2. The first-order chi connectivity index (χ1) is 15.1. The lowest BCUT2D eigenvalue weighted by Crippen LogP contribution is -2.49. The number of benzene rings is 1. The predicted octanol–water partition coefficient (Wildman–Crippen LogP) is -1.40. The van der Waals surface area contributed by atoms with Crippen molar-refractivity contribution in [3.05, 3.63) is 17.7 Å². The minimum absolute atomic E-state index is 0.0603. The highest BCUT2D eigenvalue weighted by atomic mass is 32.2. The minimum atomic E-state index is -4.60. The number of primary sulfonamides is 1. The average Bonchev–Trinajstić information content (AvgIpc) is 3.42. The number of rotatable bonds is 6. The maximum Gasteiger partial charge on any atom is 0.243 e. The second kappa shape index (κ2) is 8.57. The molecule has 32 heavy (non-hydrogen) atoms. The molecule has 3 aliphatic heterocycles. The van der Waals surface area contributed by atoms with Crippen LogP contribution in [0.15, 0.2) is 37.1 Å². The summed E-state index contributed by atoms with van der Waals surface area (Å²) in [5.74, 6) is -0.533. The van der Waals surface area contributed by atoms with Crippen LogP contribution in [0.3, 0.4) is 0 Å². The molecular weight excluding hydrogens is 460 g/mol. The number of aliphatic imine (C=N–C) groups is 1. The van der Waals surface area contributed by atoms with Crippen molar-refractivity contribution in [2.24, 2.45) is 26.1 Å². The summed E-state index contributed by atoms with van der Waals surface area (Å²) in [5, 5.41) is 16.1. The van der Waals surface area contributed by atoms with Crippen LogP contribution in [0.4, 0.5) is 5.69 Å². The van der Waals surface area contributed by atoms with Gasteiger partial charge in [-0.1, -0.05) is 0 Å². The van der Waals surface area contributed by atoms with Gasteiger partial charge in [-0.25, -0.2) is 31.7 Å². The summed E-state index contributed by atoms with van der Waals surface area (Å²) in [6, 6.07) is 1.32. The molecule has 0 unspecified atom stereocenters. The van der Waals surface area contributed by atoms with Gasteiger partial charge >= 0.3 is 0 Å². The SMILES string of the molecule is N[C@H]1CCCN(c2ccc(S(=O)(=O)N[C@@H]3CCNC3)c(S(N)(=O)=O)c2C2=NCN=N2)C1=O. The zero-order valence-corrected chi connectivity index (χ0v) is 18.7. The van der Waals surface area contributed by atoms with E-state index in [1.807, 2.05) is 0 Å². The van der Waals surface area contributed by atoms with Crippen LogP contribution in [0.5, 0.6) is 0 Å². The summed E-state index contributed by atoms with van der Waals surface area (Å²) in [7, 11) is -8.88. The largest absolute Gasteiger partial charge is 0.320 e. The van der Waals surface area contributed by atoms with Crippen LogP contribution < -0.4 is 25.8 Å². The number of hydrogen-bond acceptors (Lipinski definition) is 10. The van der Waals surface area contributed by atoms with Crippen LogP contribution in [-0.4, -0.2) is 67.0 Å². The molecule has 4 rings (SSSR count). The maximum absolute atomic E-state index is 13.2. The van der Waals surface area contributed by atoms with Crippen molar-refractivity contribution in [1.29, 1.82) is 0 Å². The lowest BCUT2D eigenvalue weighted by atomic mass is 10.0. The number of nitrogens with two attached hydrogens (primary N) is 2. The van der Waals surface area contributed by atoms with Gasteiger partial charge < -0.3 is 16.0 Å². The van der Waals surface area contributed by atoms with E-state index in [4.69, 9.17) is 10.9 Å². The summed E-state index contributed by atoms with van der Waals surface area (Å²) in [5.41, 5.74) is 5.85. The Hall–Kier alpha value is -2.30. The molecule has 1 aromatic rings. The summed E-state index contributed by atoms with van der Waals surface area (Å²) in [6.07, 6.45) is 1.62. The molecule has 6 N–H and O–H groups in total. The summed E-state index contributed by atoms with van der Waals surface area (Å²) < 4.78 is 54.3. The first-order valence-electron chi connectivity index (χ1n) is 10.0. The quantitative estimate of drug-likeness (QED) is 0.380. The lowest BCUT2D eigenvalue weighted by Gasteiger charge is -2.32. The Kier molecular flexibility index (Phi) is 6.12. The Labute approximate surface area is 185 Å². The number of azo groups is 1. The fourth-order valence-electron chi connectivity index (χ4n) is 4.03. The molecule has 2 atom stereocenters. The van der Waals surface area contributed by atoms with E-state index in [-0.39, 0.29) is 30.3 Å². The van der Waals surface area contributed by atoms with E-state index in [9.17, 15) is 21.6 Å². The molecule has 0 bridgehead atoms. The first kappa shape index (κ1) is 22.9. The topological polar surface area (TPSA) is 202 Å². The number of anilines is 1. The molecule has 0 radical (unpaired) electrons. The van der Waals surface area contributed by atoms with E-state index in [1.165, 1.54) is 11.0 Å². The second-order valence-electron chi connectivity index (χ2n) is 7.75. The van der Waals surface area contributed by atoms with E-state index < -0.39 is 47.8 Å². The summed E-state index contributed by atoms with van der Waals surface area (Å²) in [6.45, 7) is 1.26. The predicted molar refractivity (Wildman–Crippen MR) is 115 cm³/mol. The second-order valence-corrected chi connectivity index (χ2v) is 10.9. The van der Waals surface area contributed by atoms with E-state index >= 15 is 0 Å². The Morgan fingerprint density at radius 1 is 1.19 bits per heavy atom. The molecule has 2 fully saturated rings. The number of amides is 1. The van der Waals surface area contributed by atoms with E-state index in [2.05, 4.69) is 25.3 Å². The van der Waals surface area contributed by atoms with Crippen LogP contribution in [0, 0.1) is 0 Å². The molecule has 0 saturated carbocycles. The molecule has 15 heteroatoms. The number of amidine groups is 1. The number of carbonyl (C=O) groups is 1. The summed E-state index contributed by atoms with van der Waals surface area (Å²) >= 11 is 0. The molecule has 3 aliphatic rings. The number of nitrogens with zero attached hydrogens (tertiary/aromatic N) is 4. The van der Waals surface area contributed by atoms with Gasteiger partial charge in [0.15, 0.2) is 12.5 Å². The Morgan fingerprint density at radius 2 is 1.97 bits per heavy atom. The van der Waals surface area contributed by atoms with Gasteiger partial charge in [0.2, 0.25) is 26.0 Å². The number of hydrogen-bond donors (Lipinski definition) is 4. The van der Waals surface area contributed by atoms with E-state index in [0.717, 1.165) is 6.07 Å². The van der Waals surface area contributed by atoms with Crippen LogP contribution in [-0.2, 0) is 24.8 Å². The lowest BCUT2D eigenvalue weighted by molar-refractivity contribution is -0.120. The van der Waals surface area contributed by atoms with Crippen molar-refractivity contribution in [1.82, 2.24) is 10.0 Å². The molecule has 0 aromatic heterocycles. The third-order valence-corrected chi connectivity index (χ3v) is 8.18. The number of sulfonamides is 2. The van der Waals surface area contributed by atoms with Gasteiger partial charge in [-0.05, 0) is 37.9 Å². The highest BCUT2D eigenvalue weighted by Crippen LogP contribution is 2.35. The molecule has 0 aliphatic carbocycles. The molecule has 2 saturated heterocycles. The number of piperidine rings is 1. The number of nitrogens with one attached hydrogen (secondary N) is 2. The van der Waals surface area contributed by atoms with Crippen molar-refractivity contribution in [3.8, 4) is 0 Å². The maximum atomic E-state index is 13.2. The van der Waals surface area contributed by atoms with Gasteiger partial charge in [-0.2, -0.15) is 5.11 Å². The Morgan fingerprint density at radius 3 is 2.59 bits per heavy atom. The van der Waals surface area contributed by atoms with Crippen molar-refractivity contribution in [2.45, 2.75) is 41.1 Å². The molecule has 0 spiro atoms. The zero-order valence-electron chi connectivity index (χ0n) is 17.1. The Balaban J connectivity index is 1.94. The van der Waals surface area contributed by atoms with Gasteiger partial charge in [-0.3, -0.25) is 4.79 Å². The zero-order chi connectivity index (χ0) is 23.1. The highest BCUT2D eigenvalue weighted by molar-refractivity contribution is 7.92. The van der Waals surface area contributed by atoms with E-state index in [1.54, 1.807) is 0 Å². The fourth-order valence-corrected chi connectivity index (χ4v) is 6.89. The van der Waals surface area contributed by atoms with Crippen molar-refractivity contribution >= 4 is 37.5 Å². The standard InChI is InChI=1S/C17H24N8O5S2/c18-11-2-1-7-25(17(11)26)12-3-4-13(32(29,30)24-10-5-6-20-8-10)15(31(19,27)28)14(12)16-21-9-22-23-16/h3-4,10-11,20,24H,1-2,5-9,18H2,(H2,19,27,28)/t10-,11+/m1/s1. The van der Waals surface area contributed by atoms with Gasteiger partial charge in [0.05, 0.1) is 17.3 Å². The van der Waals surface area contributed by atoms with Crippen LogP contribution in [0.1, 0.15) is 24.8 Å². The molecule has 1 amide bonds. The molecule has 174 valence electrons. The summed E-state index contributed by atoms with van der Waals surface area (Å²) in [4.78, 5) is 16.9. The van der Waals surface area contributed by atoms with Crippen LogP contribution >= 0.6 is 0 Å². The fraction of sp³-hybridized carbons (Fsp3) is 0.529. The normalized spacial score (nSPS) is 24.2. The first-order valence-corrected chi connectivity index (χ1v) is 13.0. The third kappa shape index (κ3) is 4.31. The monoisotopic (exact) mass is 484 g/mol. The minimum Gasteiger partial charge on any atom is -0.320 e. The number of carbonyl (C=O) groups excluding carboxylic acids is 1. The highest BCUT2D eigenvalue weighted by Gasteiger charge is 2.37. The Bertz CT molecular complexity index is 1210. The van der Waals surface area contributed by atoms with Gasteiger partial charge in [0.25, 0.3) is 0 Å². The van der Waals surface area contributed by atoms with Crippen molar-refractivity contribution < 1.29 is 21.6 Å². The smallest absolute Gasteiger partial charge is 0.243 e. The van der Waals surface area contributed by atoms with Gasteiger partial charge in [0.1, 0.15) is 9.79 Å². The van der Waals surface area contributed by atoms with Crippen molar-refractivity contribution in [2.75, 3.05) is 31.2 Å². The third-order valence-electron chi connectivity index (χ3n) is 5.50.